The van der Waals surface area contributed by atoms with Crippen molar-refractivity contribution in [3.8, 4) is 17.3 Å². The van der Waals surface area contributed by atoms with Gasteiger partial charge in [-0.2, -0.15) is 10.1 Å². The van der Waals surface area contributed by atoms with Crippen LogP contribution in [-0.4, -0.2) is 46.7 Å². The van der Waals surface area contributed by atoms with Gasteiger partial charge in [-0.15, -0.1) is 0 Å². The molecular weight excluding hydrogens is 448 g/mol. The van der Waals surface area contributed by atoms with Gasteiger partial charge in [-0.1, -0.05) is 0 Å². The lowest BCUT2D eigenvalue weighted by Crippen LogP contribution is -2.37. The van der Waals surface area contributed by atoms with E-state index in [1.165, 1.54) is 42.5 Å². The summed E-state index contributed by atoms with van der Waals surface area (Å²) in [6, 6.07) is 6.24. The summed E-state index contributed by atoms with van der Waals surface area (Å²) in [4.78, 5) is 55.5. The number of aromatic nitrogens is 6. The lowest BCUT2D eigenvalue weighted by atomic mass is 10.2. The molecule has 0 aliphatic rings. The molecule has 0 saturated heterocycles. The van der Waals surface area contributed by atoms with Crippen molar-refractivity contribution < 1.29 is 9.84 Å². The lowest BCUT2D eigenvalue weighted by molar-refractivity contribution is 0.414. The number of hydrogen-bond acceptors (Lipinski definition) is 9. The molecule has 4 rings (SSSR count). The number of nitrogens with zero attached hydrogens (tertiary/aromatic N) is 6. The standard InChI is InChI=1S/C20H20N8O6/c1-25-13-14(26(2)20(33)27(3)17(13)31)22-18(25)24-21-9-12-15(29)23-19(32)28(16(12)30)10-5-7-11(34-4)8-6-10/h5-9,30H,1-4H3,(H,22,24)(H,23,29,32)/b21-9-. The minimum Gasteiger partial charge on any atom is -0.497 e. The number of rotatable bonds is 5. The highest BCUT2D eigenvalue weighted by Gasteiger charge is 2.17. The Morgan fingerprint density at radius 1 is 1.06 bits per heavy atom. The molecule has 0 spiro atoms. The molecule has 0 amide bonds. The first-order valence-corrected chi connectivity index (χ1v) is 9.80. The summed E-state index contributed by atoms with van der Waals surface area (Å²) in [5, 5.41) is 14.5. The van der Waals surface area contributed by atoms with Crippen LogP contribution in [0.3, 0.4) is 0 Å². The minimum atomic E-state index is -0.862. The average molecular weight is 468 g/mol. The number of hydrogen-bond donors (Lipinski definition) is 3. The van der Waals surface area contributed by atoms with Crippen molar-refractivity contribution in [3.05, 3.63) is 71.5 Å². The number of fused-ring (bicyclic) bond motifs is 1. The summed E-state index contributed by atoms with van der Waals surface area (Å²) in [6.45, 7) is 0. The first kappa shape index (κ1) is 22.3. The third-order valence-corrected chi connectivity index (χ3v) is 5.29. The van der Waals surface area contributed by atoms with Gasteiger partial charge in [-0.05, 0) is 24.3 Å². The van der Waals surface area contributed by atoms with Gasteiger partial charge in [0.2, 0.25) is 11.8 Å². The number of anilines is 1. The molecule has 34 heavy (non-hydrogen) atoms. The molecule has 14 nitrogen and oxygen atoms in total. The van der Waals surface area contributed by atoms with Gasteiger partial charge in [0.05, 0.1) is 19.0 Å². The largest absolute Gasteiger partial charge is 0.497 e. The van der Waals surface area contributed by atoms with Crippen LogP contribution >= 0.6 is 0 Å². The SMILES string of the molecule is COc1ccc(-n2c(O)c(/C=N\Nc3nc4c(c(=O)n(C)c(=O)n4C)n3C)c(=O)[nH]c2=O)cc1. The maximum absolute atomic E-state index is 12.5. The van der Waals surface area contributed by atoms with Crippen molar-refractivity contribution in [2.75, 3.05) is 12.5 Å². The van der Waals surface area contributed by atoms with Gasteiger partial charge < -0.3 is 14.4 Å². The molecule has 0 saturated carbocycles. The quantitative estimate of drug-likeness (QED) is 0.247. The molecule has 4 aromatic rings. The zero-order valence-corrected chi connectivity index (χ0v) is 18.6. The molecule has 176 valence electrons. The molecule has 0 unspecified atom stereocenters. The maximum atomic E-state index is 12.5. The number of aryl methyl sites for hydroxylation is 2. The Balaban J connectivity index is 1.74. The van der Waals surface area contributed by atoms with Crippen molar-refractivity contribution in [1.82, 2.24) is 28.2 Å². The van der Waals surface area contributed by atoms with Crippen LogP contribution in [0.2, 0.25) is 0 Å². The van der Waals surface area contributed by atoms with Gasteiger partial charge in [0.1, 0.15) is 11.3 Å². The number of aromatic hydroxyl groups is 1. The molecule has 3 heterocycles. The third-order valence-electron chi connectivity index (χ3n) is 5.29. The minimum absolute atomic E-state index is 0.101. The zero-order chi connectivity index (χ0) is 24.7. The summed E-state index contributed by atoms with van der Waals surface area (Å²) < 4.78 is 9.55. The van der Waals surface area contributed by atoms with E-state index < -0.39 is 28.4 Å². The van der Waals surface area contributed by atoms with Crippen molar-refractivity contribution >= 4 is 23.3 Å². The molecule has 0 fully saturated rings. The fraction of sp³-hybridized carbons (Fsp3) is 0.200. The summed E-state index contributed by atoms with van der Waals surface area (Å²) >= 11 is 0. The van der Waals surface area contributed by atoms with Crippen LogP contribution in [0, 0.1) is 0 Å². The van der Waals surface area contributed by atoms with Crippen LogP contribution in [-0.2, 0) is 21.1 Å². The van der Waals surface area contributed by atoms with E-state index in [9.17, 15) is 24.3 Å². The van der Waals surface area contributed by atoms with Crippen LogP contribution in [0.4, 0.5) is 5.95 Å². The Kier molecular flexibility index (Phi) is 5.40. The summed E-state index contributed by atoms with van der Waals surface area (Å²) in [5.74, 6) is 0.0103. The first-order valence-electron chi connectivity index (χ1n) is 9.80. The molecule has 0 aliphatic heterocycles. The van der Waals surface area contributed by atoms with Crippen molar-refractivity contribution in [2.24, 2.45) is 26.2 Å². The Bertz CT molecular complexity index is 1680. The Morgan fingerprint density at radius 3 is 2.38 bits per heavy atom. The van der Waals surface area contributed by atoms with Gasteiger partial charge in [0, 0.05) is 21.1 Å². The summed E-state index contributed by atoms with van der Waals surface area (Å²) in [7, 11) is 5.87. The van der Waals surface area contributed by atoms with E-state index in [1.54, 1.807) is 19.2 Å². The normalized spacial score (nSPS) is 11.4. The number of methoxy groups -OCH3 is 1. The second-order valence-corrected chi connectivity index (χ2v) is 7.27. The number of ether oxygens (including phenoxy) is 1. The van der Waals surface area contributed by atoms with Crippen LogP contribution < -0.4 is 32.7 Å². The average Bonchev–Trinajstić information content (AvgIpc) is 3.15. The van der Waals surface area contributed by atoms with Gasteiger partial charge in [0.25, 0.3) is 11.1 Å². The van der Waals surface area contributed by atoms with Crippen molar-refractivity contribution in [3.63, 3.8) is 0 Å². The summed E-state index contributed by atoms with van der Waals surface area (Å²) in [6.07, 6.45) is 1.00. The second kappa shape index (κ2) is 8.23. The molecular formula is C20H20N8O6. The predicted octanol–water partition coefficient (Wildman–Crippen LogP) is -1.03. The molecule has 0 bridgehead atoms. The highest BCUT2D eigenvalue weighted by Crippen LogP contribution is 2.19. The number of nitrogens with one attached hydrogen (secondary N) is 2. The maximum Gasteiger partial charge on any atom is 0.335 e. The first-order chi connectivity index (χ1) is 16.1. The predicted molar refractivity (Wildman–Crippen MR) is 123 cm³/mol. The van der Waals surface area contributed by atoms with E-state index in [4.69, 9.17) is 4.74 Å². The number of benzene rings is 1. The van der Waals surface area contributed by atoms with E-state index in [0.717, 1.165) is 15.3 Å². The van der Waals surface area contributed by atoms with Crippen molar-refractivity contribution in [2.45, 2.75) is 0 Å². The topological polar surface area (TPSA) is 171 Å². The van der Waals surface area contributed by atoms with Crippen LogP contribution in [0.5, 0.6) is 11.6 Å². The van der Waals surface area contributed by atoms with E-state index in [-0.39, 0.29) is 28.4 Å². The van der Waals surface area contributed by atoms with E-state index in [2.05, 4.69) is 20.5 Å². The van der Waals surface area contributed by atoms with Gasteiger partial charge >= 0.3 is 11.4 Å². The molecule has 14 heteroatoms. The Morgan fingerprint density at radius 2 is 1.74 bits per heavy atom. The molecule has 0 radical (unpaired) electrons. The molecule has 0 aliphatic carbocycles. The monoisotopic (exact) mass is 468 g/mol. The highest BCUT2D eigenvalue weighted by molar-refractivity contribution is 5.83. The second-order valence-electron chi connectivity index (χ2n) is 7.27. The molecule has 1 aromatic carbocycles. The van der Waals surface area contributed by atoms with E-state index in [1.807, 2.05) is 0 Å². The third kappa shape index (κ3) is 3.46. The van der Waals surface area contributed by atoms with Crippen LogP contribution in [0.1, 0.15) is 5.56 Å². The van der Waals surface area contributed by atoms with Gasteiger partial charge in [0.15, 0.2) is 11.2 Å². The fourth-order valence-electron chi connectivity index (χ4n) is 3.40. The Hall–Kier alpha value is -4.88. The molecule has 3 N–H and O–H groups in total. The number of hydrazone groups is 1. The van der Waals surface area contributed by atoms with Crippen LogP contribution in [0.15, 0.2) is 48.5 Å². The Labute approximate surface area is 189 Å². The molecule has 0 atom stereocenters. The molecule has 3 aromatic heterocycles. The smallest absolute Gasteiger partial charge is 0.335 e. The van der Waals surface area contributed by atoms with Gasteiger partial charge in [-0.3, -0.25) is 23.7 Å². The lowest BCUT2D eigenvalue weighted by Gasteiger charge is -2.10. The number of aromatic amines is 1. The van der Waals surface area contributed by atoms with E-state index >= 15 is 0 Å². The highest BCUT2D eigenvalue weighted by atomic mass is 16.5. The van der Waals surface area contributed by atoms with Crippen LogP contribution in [0.25, 0.3) is 16.9 Å². The zero-order valence-electron chi connectivity index (χ0n) is 18.6. The summed E-state index contributed by atoms with van der Waals surface area (Å²) in [5.41, 5.74) is 0.0868. The van der Waals surface area contributed by atoms with Crippen molar-refractivity contribution in [1.29, 1.82) is 0 Å². The number of H-pyrrole nitrogens is 1. The van der Waals surface area contributed by atoms with E-state index in [0.29, 0.717) is 5.75 Å². The fourth-order valence-corrected chi connectivity index (χ4v) is 3.40. The van der Waals surface area contributed by atoms with Gasteiger partial charge in [-0.25, -0.2) is 19.6 Å². The number of imidazole rings is 1.